The van der Waals surface area contributed by atoms with Gasteiger partial charge in [0, 0.05) is 12.1 Å². The topological polar surface area (TPSA) is 71.8 Å². The van der Waals surface area contributed by atoms with Gasteiger partial charge in [0.05, 0.1) is 11.4 Å². The van der Waals surface area contributed by atoms with Crippen LogP contribution in [0.2, 0.25) is 0 Å². The molecule has 0 unspecified atom stereocenters. The predicted octanol–water partition coefficient (Wildman–Crippen LogP) is 3.42. The van der Waals surface area contributed by atoms with Crippen molar-refractivity contribution in [3.05, 3.63) is 29.9 Å². The molecule has 1 saturated carbocycles. The summed E-state index contributed by atoms with van der Waals surface area (Å²) < 4.78 is 5.67. The zero-order valence-electron chi connectivity index (χ0n) is 11.2. The molecule has 3 rings (SSSR count). The predicted molar refractivity (Wildman–Crippen MR) is 76.0 cm³/mol. The van der Waals surface area contributed by atoms with E-state index in [1.165, 1.54) is 31.0 Å². The summed E-state index contributed by atoms with van der Waals surface area (Å²) in [5.74, 6) is 1.49. The second-order valence-electron chi connectivity index (χ2n) is 5.04. The van der Waals surface area contributed by atoms with Crippen molar-refractivity contribution in [1.29, 1.82) is 0 Å². The molecule has 2 aromatic heterocycles. The van der Waals surface area contributed by atoms with Crippen LogP contribution in [0.15, 0.2) is 28.0 Å². The van der Waals surface area contributed by atoms with Gasteiger partial charge < -0.3 is 9.40 Å². The number of nitrogens with one attached hydrogen (secondary N) is 1. The molecule has 6 heteroatoms. The maximum absolute atomic E-state index is 11.8. The molecule has 2 aromatic rings. The fourth-order valence-electron chi connectivity index (χ4n) is 2.50. The minimum absolute atomic E-state index is 0.0393. The van der Waals surface area contributed by atoms with E-state index in [1.807, 2.05) is 6.07 Å². The summed E-state index contributed by atoms with van der Waals surface area (Å²) >= 11 is 1.30. The van der Waals surface area contributed by atoms with Crippen molar-refractivity contribution in [1.82, 2.24) is 15.2 Å². The van der Waals surface area contributed by atoms with E-state index in [0.717, 1.165) is 18.7 Å². The van der Waals surface area contributed by atoms with Crippen LogP contribution >= 0.6 is 11.8 Å². The molecule has 1 fully saturated rings. The Balaban J connectivity index is 1.56. The van der Waals surface area contributed by atoms with Gasteiger partial charge in [-0.3, -0.25) is 4.79 Å². The van der Waals surface area contributed by atoms with Crippen molar-refractivity contribution in [2.75, 3.05) is 5.75 Å². The zero-order chi connectivity index (χ0) is 13.8. The maximum atomic E-state index is 11.8. The van der Waals surface area contributed by atoms with E-state index >= 15 is 0 Å². The number of Topliss-reactive ketones (excluding diaryl/α,β-unsaturated/α-hetero) is 1. The number of hydrogen-bond acceptors (Lipinski definition) is 5. The van der Waals surface area contributed by atoms with Crippen LogP contribution in [-0.2, 0) is 0 Å². The number of carbonyl (C=O) groups excluding carboxylic acids is 1. The lowest BCUT2D eigenvalue weighted by molar-refractivity contribution is 0.101. The highest BCUT2D eigenvalue weighted by molar-refractivity contribution is 7.99. The van der Waals surface area contributed by atoms with Crippen LogP contribution in [-0.4, -0.2) is 26.7 Å². The van der Waals surface area contributed by atoms with E-state index < -0.39 is 0 Å². The Kier molecular flexibility index (Phi) is 4.20. The first-order valence-electron chi connectivity index (χ1n) is 6.96. The third-order valence-electron chi connectivity index (χ3n) is 3.60. The summed E-state index contributed by atoms with van der Waals surface area (Å²) in [7, 11) is 0. The number of carbonyl (C=O) groups is 1. The number of rotatable bonds is 5. The lowest BCUT2D eigenvalue weighted by atomic mass is 9.89. The second-order valence-corrected chi connectivity index (χ2v) is 5.96. The van der Waals surface area contributed by atoms with Crippen LogP contribution < -0.4 is 0 Å². The molecule has 0 aromatic carbocycles. The van der Waals surface area contributed by atoms with Gasteiger partial charge >= 0.3 is 0 Å². The van der Waals surface area contributed by atoms with Gasteiger partial charge in [-0.15, -0.1) is 10.2 Å². The summed E-state index contributed by atoms with van der Waals surface area (Å²) in [4.78, 5) is 14.7. The normalized spacial score (nSPS) is 16.4. The van der Waals surface area contributed by atoms with Crippen molar-refractivity contribution in [3.8, 4) is 0 Å². The lowest BCUT2D eigenvalue weighted by Crippen LogP contribution is -2.04. The molecule has 106 valence electrons. The number of ketones is 1. The molecule has 1 N–H and O–H groups in total. The molecule has 2 heterocycles. The summed E-state index contributed by atoms with van der Waals surface area (Å²) in [6, 6.07) is 3.58. The van der Waals surface area contributed by atoms with Gasteiger partial charge in [0.1, 0.15) is 0 Å². The Morgan fingerprint density at radius 3 is 2.95 bits per heavy atom. The SMILES string of the molecule is O=C(CSc1nnc(C2CCCCC2)o1)c1ccc[nH]1. The number of H-pyrrole nitrogens is 1. The first-order valence-corrected chi connectivity index (χ1v) is 7.94. The average molecular weight is 291 g/mol. The Morgan fingerprint density at radius 1 is 1.35 bits per heavy atom. The summed E-state index contributed by atoms with van der Waals surface area (Å²) in [5, 5.41) is 8.64. The molecular weight excluding hydrogens is 274 g/mol. The van der Waals surface area contributed by atoms with Crippen molar-refractivity contribution >= 4 is 17.5 Å². The Morgan fingerprint density at radius 2 is 2.20 bits per heavy atom. The van der Waals surface area contributed by atoms with E-state index in [0.29, 0.717) is 22.6 Å². The fraction of sp³-hybridized carbons (Fsp3) is 0.500. The molecule has 0 spiro atoms. The summed E-state index contributed by atoms with van der Waals surface area (Å²) in [5.41, 5.74) is 0.615. The summed E-state index contributed by atoms with van der Waals surface area (Å²) in [6.07, 6.45) is 7.78. The number of aromatic nitrogens is 3. The quantitative estimate of drug-likeness (QED) is 0.675. The number of thioether (sulfide) groups is 1. The van der Waals surface area contributed by atoms with Crippen LogP contribution in [0.25, 0.3) is 0 Å². The van der Waals surface area contributed by atoms with Gasteiger partial charge in [-0.1, -0.05) is 31.0 Å². The van der Waals surface area contributed by atoms with E-state index in [1.54, 1.807) is 12.3 Å². The van der Waals surface area contributed by atoms with Gasteiger partial charge in [-0.2, -0.15) is 0 Å². The standard InChI is InChI=1S/C14H17N3O2S/c18-12(11-7-4-8-15-11)9-20-14-17-16-13(19-14)10-5-2-1-3-6-10/h4,7-8,10,15H,1-3,5-6,9H2. The fourth-order valence-corrected chi connectivity index (χ4v) is 3.15. The van der Waals surface area contributed by atoms with Crippen molar-refractivity contribution in [2.45, 2.75) is 43.2 Å². The largest absolute Gasteiger partial charge is 0.416 e. The first-order chi connectivity index (χ1) is 9.83. The smallest absolute Gasteiger partial charge is 0.277 e. The molecule has 1 aliphatic rings. The highest BCUT2D eigenvalue weighted by Crippen LogP contribution is 2.32. The third-order valence-corrected chi connectivity index (χ3v) is 4.42. The molecule has 0 aliphatic heterocycles. The minimum Gasteiger partial charge on any atom is -0.416 e. The molecule has 0 atom stereocenters. The Hall–Kier alpha value is -1.56. The monoisotopic (exact) mass is 291 g/mol. The third kappa shape index (κ3) is 3.12. The maximum Gasteiger partial charge on any atom is 0.277 e. The Bertz CT molecular complexity index is 559. The first kappa shape index (κ1) is 13.4. The van der Waals surface area contributed by atoms with Crippen molar-refractivity contribution in [2.24, 2.45) is 0 Å². The van der Waals surface area contributed by atoms with Gasteiger partial charge in [-0.25, -0.2) is 0 Å². The average Bonchev–Trinajstić information content (AvgIpc) is 3.17. The Labute approximate surface area is 121 Å². The van der Waals surface area contributed by atoms with E-state index in [4.69, 9.17) is 4.42 Å². The molecule has 5 nitrogen and oxygen atoms in total. The highest BCUT2D eigenvalue weighted by atomic mass is 32.2. The molecule has 20 heavy (non-hydrogen) atoms. The van der Waals surface area contributed by atoms with E-state index in [2.05, 4.69) is 15.2 Å². The highest BCUT2D eigenvalue weighted by Gasteiger charge is 2.21. The zero-order valence-corrected chi connectivity index (χ0v) is 12.0. The number of nitrogens with zero attached hydrogens (tertiary/aromatic N) is 2. The van der Waals surface area contributed by atoms with Gasteiger partial charge in [0.25, 0.3) is 5.22 Å². The molecule has 0 bridgehead atoms. The number of aromatic amines is 1. The van der Waals surface area contributed by atoms with Crippen LogP contribution in [0.1, 0.15) is 54.4 Å². The van der Waals surface area contributed by atoms with Gasteiger partial charge in [-0.05, 0) is 25.0 Å². The van der Waals surface area contributed by atoms with Crippen LogP contribution in [0, 0.1) is 0 Å². The van der Waals surface area contributed by atoms with Gasteiger partial charge in [0.2, 0.25) is 5.89 Å². The van der Waals surface area contributed by atoms with Crippen LogP contribution in [0.5, 0.6) is 0 Å². The van der Waals surface area contributed by atoms with Crippen molar-refractivity contribution in [3.63, 3.8) is 0 Å². The summed E-state index contributed by atoms with van der Waals surface area (Å²) in [6.45, 7) is 0. The van der Waals surface area contributed by atoms with Crippen molar-refractivity contribution < 1.29 is 9.21 Å². The van der Waals surface area contributed by atoms with Gasteiger partial charge in [0.15, 0.2) is 5.78 Å². The van der Waals surface area contributed by atoms with Crippen LogP contribution in [0.4, 0.5) is 0 Å². The molecular formula is C14H17N3O2S. The second kappa shape index (κ2) is 6.26. The molecule has 0 amide bonds. The lowest BCUT2D eigenvalue weighted by Gasteiger charge is -2.17. The number of hydrogen-bond donors (Lipinski definition) is 1. The molecule has 1 aliphatic carbocycles. The molecule has 0 radical (unpaired) electrons. The minimum atomic E-state index is 0.0393. The van der Waals surface area contributed by atoms with E-state index in [-0.39, 0.29) is 5.78 Å². The van der Waals surface area contributed by atoms with Crippen LogP contribution in [0.3, 0.4) is 0 Å². The van der Waals surface area contributed by atoms with E-state index in [9.17, 15) is 4.79 Å². The molecule has 0 saturated heterocycles.